The summed E-state index contributed by atoms with van der Waals surface area (Å²) in [6.07, 6.45) is -0.727. The van der Waals surface area contributed by atoms with E-state index in [-0.39, 0.29) is 24.4 Å². The second-order valence-corrected chi connectivity index (χ2v) is 4.20. The topological polar surface area (TPSA) is 106 Å². The van der Waals surface area contributed by atoms with E-state index >= 15 is 0 Å². The second kappa shape index (κ2) is 8.08. The molecule has 0 bridgehead atoms. The molecule has 3 saturated heterocycles. The van der Waals surface area contributed by atoms with Crippen LogP contribution < -0.4 is 10.6 Å². The number of likely N-dealkylation sites (N-methyl/N-ethyl adjacent to an activating group) is 1. The molecular formula is C11H19N3O6. The van der Waals surface area contributed by atoms with Gasteiger partial charge in [0.1, 0.15) is 19.3 Å². The molecule has 0 aliphatic carbocycles. The number of hydrogen-bond acceptors (Lipinski definition) is 6. The van der Waals surface area contributed by atoms with E-state index in [4.69, 9.17) is 4.74 Å². The maximum absolute atomic E-state index is 10.5. The van der Waals surface area contributed by atoms with Gasteiger partial charge in [-0.1, -0.05) is 0 Å². The van der Waals surface area contributed by atoms with Crippen molar-refractivity contribution in [3.05, 3.63) is 0 Å². The molecule has 0 spiro atoms. The number of alkyl carbamates (subject to hydrolysis) is 2. The summed E-state index contributed by atoms with van der Waals surface area (Å²) in [7, 11) is 1.73. The zero-order valence-electron chi connectivity index (χ0n) is 11.5. The molecular weight excluding hydrogens is 270 g/mol. The number of rotatable bonds is 0. The van der Waals surface area contributed by atoms with Crippen LogP contribution in [0.4, 0.5) is 14.4 Å². The van der Waals surface area contributed by atoms with Crippen molar-refractivity contribution in [1.82, 2.24) is 15.5 Å². The molecule has 20 heavy (non-hydrogen) atoms. The van der Waals surface area contributed by atoms with Gasteiger partial charge in [0, 0.05) is 7.05 Å². The zero-order chi connectivity index (χ0) is 15.0. The van der Waals surface area contributed by atoms with E-state index in [9.17, 15) is 14.4 Å². The lowest BCUT2D eigenvalue weighted by Gasteiger charge is -1.99. The van der Waals surface area contributed by atoms with Crippen LogP contribution in [0.25, 0.3) is 0 Å². The molecule has 1 atom stereocenters. The fourth-order valence-electron chi connectivity index (χ4n) is 1.46. The number of nitrogens with zero attached hydrogens (tertiary/aromatic N) is 1. The minimum absolute atomic E-state index is 0.0764. The average molecular weight is 289 g/mol. The van der Waals surface area contributed by atoms with Gasteiger partial charge >= 0.3 is 18.3 Å². The van der Waals surface area contributed by atoms with Crippen molar-refractivity contribution in [2.24, 2.45) is 0 Å². The van der Waals surface area contributed by atoms with Gasteiger partial charge in [0.15, 0.2) is 0 Å². The van der Waals surface area contributed by atoms with E-state index < -0.39 is 0 Å². The Hall–Kier alpha value is -2.19. The highest BCUT2D eigenvalue weighted by Crippen LogP contribution is 2.06. The smallest absolute Gasteiger partial charge is 0.409 e. The summed E-state index contributed by atoms with van der Waals surface area (Å²) in [5, 5.41) is 4.92. The third-order valence-corrected chi connectivity index (χ3v) is 2.35. The van der Waals surface area contributed by atoms with E-state index in [0.717, 1.165) is 6.54 Å². The van der Waals surface area contributed by atoms with E-state index in [2.05, 4.69) is 20.1 Å². The summed E-state index contributed by atoms with van der Waals surface area (Å²) in [4.78, 5) is 31.9. The summed E-state index contributed by atoms with van der Waals surface area (Å²) >= 11 is 0. The van der Waals surface area contributed by atoms with Crippen LogP contribution >= 0.6 is 0 Å². The molecule has 0 aromatic carbocycles. The number of amides is 3. The van der Waals surface area contributed by atoms with Crippen molar-refractivity contribution in [3.8, 4) is 0 Å². The molecule has 3 heterocycles. The average Bonchev–Trinajstić information content (AvgIpc) is 3.08. The largest absolute Gasteiger partial charge is 0.448 e. The Morgan fingerprint density at radius 2 is 1.55 bits per heavy atom. The fraction of sp³-hybridized carbons (Fsp3) is 0.727. The van der Waals surface area contributed by atoms with Gasteiger partial charge < -0.3 is 29.7 Å². The van der Waals surface area contributed by atoms with Crippen molar-refractivity contribution >= 4 is 18.3 Å². The van der Waals surface area contributed by atoms with E-state index in [0.29, 0.717) is 26.3 Å². The molecule has 3 aliphatic heterocycles. The van der Waals surface area contributed by atoms with Gasteiger partial charge in [-0.05, 0) is 6.92 Å². The first-order chi connectivity index (χ1) is 9.49. The number of nitrogens with one attached hydrogen (secondary N) is 2. The molecule has 9 nitrogen and oxygen atoms in total. The second-order valence-electron chi connectivity index (χ2n) is 4.20. The predicted molar refractivity (Wildman–Crippen MR) is 67.3 cm³/mol. The van der Waals surface area contributed by atoms with Crippen LogP contribution in [0.2, 0.25) is 0 Å². The fourth-order valence-corrected chi connectivity index (χ4v) is 1.46. The van der Waals surface area contributed by atoms with Crippen molar-refractivity contribution in [3.63, 3.8) is 0 Å². The predicted octanol–water partition coefficient (Wildman–Crippen LogP) is -0.0907. The monoisotopic (exact) mass is 289 g/mol. The highest BCUT2D eigenvalue weighted by Gasteiger charge is 2.23. The molecule has 0 aromatic rings. The van der Waals surface area contributed by atoms with Crippen LogP contribution in [0.15, 0.2) is 0 Å². The van der Waals surface area contributed by atoms with Gasteiger partial charge in [-0.25, -0.2) is 14.4 Å². The molecule has 3 fully saturated rings. The number of carbonyl (C=O) groups excluding carboxylic acids is 3. The third-order valence-electron chi connectivity index (χ3n) is 2.35. The van der Waals surface area contributed by atoms with E-state index in [1.807, 2.05) is 6.92 Å². The minimum Gasteiger partial charge on any atom is -0.448 e. The number of carbonyl (C=O) groups is 3. The summed E-state index contributed by atoms with van der Waals surface area (Å²) < 4.78 is 13.6. The molecule has 3 rings (SSSR count). The van der Waals surface area contributed by atoms with Crippen LogP contribution in [-0.4, -0.2) is 69.2 Å². The quantitative estimate of drug-likeness (QED) is 0.604. The van der Waals surface area contributed by atoms with E-state index in [1.54, 1.807) is 11.9 Å². The molecule has 2 N–H and O–H groups in total. The summed E-state index contributed by atoms with van der Waals surface area (Å²) in [5.41, 5.74) is 0. The number of ether oxygens (including phenoxy) is 3. The maximum atomic E-state index is 10.5. The molecule has 0 saturated carbocycles. The summed E-state index contributed by atoms with van der Waals surface area (Å²) in [6.45, 7) is 4.98. The minimum atomic E-state index is -0.296. The lowest BCUT2D eigenvalue weighted by molar-refractivity contribution is 0.141. The van der Waals surface area contributed by atoms with Crippen molar-refractivity contribution < 1.29 is 28.6 Å². The van der Waals surface area contributed by atoms with Crippen molar-refractivity contribution in [2.75, 3.05) is 39.9 Å². The Bertz CT molecular complexity index is 326. The van der Waals surface area contributed by atoms with Gasteiger partial charge in [0.05, 0.1) is 19.6 Å². The van der Waals surface area contributed by atoms with Crippen LogP contribution in [0.1, 0.15) is 6.92 Å². The summed E-state index contributed by atoms with van der Waals surface area (Å²) in [6, 6.07) is 0. The Morgan fingerprint density at radius 1 is 1.05 bits per heavy atom. The van der Waals surface area contributed by atoms with Crippen LogP contribution in [0.3, 0.4) is 0 Å². The normalized spacial score (nSPS) is 23.2. The van der Waals surface area contributed by atoms with Crippen LogP contribution in [-0.2, 0) is 14.2 Å². The van der Waals surface area contributed by atoms with Crippen LogP contribution in [0, 0.1) is 0 Å². The van der Waals surface area contributed by atoms with Gasteiger partial charge in [0.25, 0.3) is 0 Å². The first kappa shape index (κ1) is 15.9. The Labute approximate surface area is 116 Å². The Kier molecular flexibility index (Phi) is 6.41. The molecule has 3 aliphatic rings. The molecule has 9 heteroatoms. The van der Waals surface area contributed by atoms with E-state index in [1.165, 1.54) is 0 Å². The highest BCUT2D eigenvalue weighted by molar-refractivity contribution is 5.69. The van der Waals surface area contributed by atoms with Gasteiger partial charge in [-0.15, -0.1) is 0 Å². The summed E-state index contributed by atoms with van der Waals surface area (Å²) in [5.74, 6) is 0. The Morgan fingerprint density at radius 3 is 1.65 bits per heavy atom. The molecule has 114 valence electrons. The number of cyclic esters (lactones) is 3. The Balaban J connectivity index is 0.000000152. The van der Waals surface area contributed by atoms with Crippen molar-refractivity contribution in [2.45, 2.75) is 13.0 Å². The first-order valence-corrected chi connectivity index (χ1v) is 6.22. The standard InChI is InChI=1S/C5H9NO2.2C3H5NO2/c1-4-3-6(2)5(7)8-4;2*5-3-4-1-2-6-3/h4H,3H2,1-2H3;2*1-2H2,(H,4,5). The zero-order valence-corrected chi connectivity index (χ0v) is 11.5. The highest BCUT2D eigenvalue weighted by atomic mass is 16.6. The van der Waals surface area contributed by atoms with Gasteiger partial charge in [-0.3, -0.25) is 0 Å². The number of hydrogen-bond donors (Lipinski definition) is 2. The van der Waals surface area contributed by atoms with Crippen LogP contribution in [0.5, 0.6) is 0 Å². The molecule has 3 amide bonds. The maximum Gasteiger partial charge on any atom is 0.409 e. The SMILES string of the molecule is CC1CN(C)C(=O)O1.O=C1NCCO1.O=C1NCCO1. The van der Waals surface area contributed by atoms with Gasteiger partial charge in [-0.2, -0.15) is 0 Å². The molecule has 0 radical (unpaired) electrons. The lowest BCUT2D eigenvalue weighted by atomic mass is 10.4. The van der Waals surface area contributed by atoms with Gasteiger partial charge in [0.2, 0.25) is 0 Å². The van der Waals surface area contributed by atoms with Crippen molar-refractivity contribution in [1.29, 1.82) is 0 Å². The third kappa shape index (κ3) is 6.12. The molecule has 1 unspecified atom stereocenters. The molecule has 0 aromatic heterocycles. The first-order valence-electron chi connectivity index (χ1n) is 6.22. The lowest BCUT2D eigenvalue weighted by Crippen LogP contribution is -2.18.